The van der Waals surface area contributed by atoms with Gasteiger partial charge in [-0.2, -0.15) is 0 Å². The summed E-state index contributed by atoms with van der Waals surface area (Å²) in [6.07, 6.45) is 1.26. The molecule has 0 aromatic heterocycles. The molecular formula is C13H15BrO. The van der Waals surface area contributed by atoms with Crippen molar-refractivity contribution in [1.82, 2.24) is 0 Å². The summed E-state index contributed by atoms with van der Waals surface area (Å²) < 4.78 is 6.93. The van der Waals surface area contributed by atoms with Crippen LogP contribution in [0.5, 0.6) is 0 Å². The molecule has 1 aliphatic rings. The third-order valence-electron chi connectivity index (χ3n) is 2.96. The lowest BCUT2D eigenvalue weighted by molar-refractivity contribution is 0.0578. The van der Waals surface area contributed by atoms with Crippen molar-refractivity contribution in [3.8, 4) is 0 Å². The van der Waals surface area contributed by atoms with Gasteiger partial charge >= 0.3 is 0 Å². The van der Waals surface area contributed by atoms with Crippen molar-refractivity contribution < 1.29 is 4.74 Å². The van der Waals surface area contributed by atoms with E-state index in [0.717, 1.165) is 17.5 Å². The van der Waals surface area contributed by atoms with Gasteiger partial charge < -0.3 is 4.74 Å². The third-order valence-corrected chi connectivity index (χ3v) is 3.49. The van der Waals surface area contributed by atoms with Gasteiger partial charge in [-0.1, -0.05) is 33.6 Å². The normalized spacial score (nSPS) is 21.9. The van der Waals surface area contributed by atoms with Crippen molar-refractivity contribution >= 4 is 15.9 Å². The molecule has 0 amide bonds. The minimum atomic E-state index is 0.238. The standard InChI is InChI=1S/C13H15BrO/c1-9-7-13(15-8-10(9)2)11-3-5-12(14)6-4-11/h3-6,13H,7-8H2,1-2H3. The average Bonchev–Trinajstić information content (AvgIpc) is 2.23. The van der Waals surface area contributed by atoms with Gasteiger partial charge in [-0.3, -0.25) is 0 Å². The van der Waals surface area contributed by atoms with Gasteiger partial charge in [0, 0.05) is 4.47 Å². The second kappa shape index (κ2) is 4.50. The molecule has 1 aromatic carbocycles. The molecule has 2 heteroatoms. The van der Waals surface area contributed by atoms with Crippen LogP contribution in [0.25, 0.3) is 0 Å². The first kappa shape index (κ1) is 10.9. The monoisotopic (exact) mass is 266 g/mol. The van der Waals surface area contributed by atoms with Crippen molar-refractivity contribution in [3.05, 3.63) is 45.4 Å². The zero-order valence-electron chi connectivity index (χ0n) is 9.09. The molecule has 1 atom stereocenters. The Labute approximate surface area is 99.3 Å². The highest BCUT2D eigenvalue weighted by Gasteiger charge is 2.18. The van der Waals surface area contributed by atoms with E-state index in [2.05, 4.69) is 54.0 Å². The number of hydrogen-bond donors (Lipinski definition) is 0. The molecule has 0 spiro atoms. The highest BCUT2D eigenvalue weighted by Crippen LogP contribution is 2.31. The quantitative estimate of drug-likeness (QED) is 0.691. The summed E-state index contributed by atoms with van der Waals surface area (Å²) in [5, 5.41) is 0. The van der Waals surface area contributed by atoms with Crippen molar-refractivity contribution in [3.63, 3.8) is 0 Å². The average molecular weight is 267 g/mol. The van der Waals surface area contributed by atoms with Gasteiger partial charge in [-0.15, -0.1) is 0 Å². The lowest BCUT2D eigenvalue weighted by atomic mass is 9.97. The van der Waals surface area contributed by atoms with E-state index >= 15 is 0 Å². The predicted molar refractivity (Wildman–Crippen MR) is 65.8 cm³/mol. The molecule has 0 radical (unpaired) electrons. The largest absolute Gasteiger partial charge is 0.369 e. The smallest absolute Gasteiger partial charge is 0.0866 e. The van der Waals surface area contributed by atoms with E-state index in [9.17, 15) is 0 Å². The van der Waals surface area contributed by atoms with E-state index in [1.54, 1.807) is 0 Å². The van der Waals surface area contributed by atoms with Crippen LogP contribution in [0.1, 0.15) is 31.9 Å². The molecule has 0 N–H and O–H groups in total. The zero-order chi connectivity index (χ0) is 10.8. The zero-order valence-corrected chi connectivity index (χ0v) is 10.7. The lowest BCUT2D eigenvalue weighted by Crippen LogP contribution is -2.13. The van der Waals surface area contributed by atoms with Crippen LogP contribution in [0.4, 0.5) is 0 Å². The molecule has 0 bridgehead atoms. The van der Waals surface area contributed by atoms with E-state index in [1.165, 1.54) is 16.7 Å². The van der Waals surface area contributed by atoms with E-state index in [1.807, 2.05) is 0 Å². The Morgan fingerprint density at radius 3 is 2.40 bits per heavy atom. The van der Waals surface area contributed by atoms with E-state index < -0.39 is 0 Å². The maximum Gasteiger partial charge on any atom is 0.0866 e. The van der Waals surface area contributed by atoms with Crippen molar-refractivity contribution in [2.75, 3.05) is 6.61 Å². The van der Waals surface area contributed by atoms with Crippen LogP contribution in [0, 0.1) is 0 Å². The molecule has 1 unspecified atom stereocenters. The highest BCUT2D eigenvalue weighted by atomic mass is 79.9. The first-order valence-corrected chi connectivity index (χ1v) is 5.98. The van der Waals surface area contributed by atoms with Crippen molar-refractivity contribution in [2.45, 2.75) is 26.4 Å². The Kier molecular flexibility index (Phi) is 3.27. The number of ether oxygens (including phenoxy) is 1. The Morgan fingerprint density at radius 2 is 1.80 bits per heavy atom. The Bertz CT molecular complexity index is 378. The van der Waals surface area contributed by atoms with Crippen LogP contribution in [0.15, 0.2) is 39.9 Å². The molecule has 1 nitrogen and oxygen atoms in total. The van der Waals surface area contributed by atoms with Gasteiger partial charge in [0.05, 0.1) is 12.7 Å². The first-order valence-electron chi connectivity index (χ1n) is 5.19. The van der Waals surface area contributed by atoms with Gasteiger partial charge in [-0.25, -0.2) is 0 Å². The summed E-state index contributed by atoms with van der Waals surface area (Å²) in [7, 11) is 0. The van der Waals surface area contributed by atoms with Gasteiger partial charge in [0.15, 0.2) is 0 Å². The van der Waals surface area contributed by atoms with Crippen LogP contribution in [0.3, 0.4) is 0 Å². The number of hydrogen-bond acceptors (Lipinski definition) is 1. The molecule has 0 fully saturated rings. The second-order valence-corrected chi connectivity index (χ2v) is 5.03. The summed E-state index contributed by atoms with van der Waals surface area (Å²) in [5.41, 5.74) is 4.11. The molecule has 15 heavy (non-hydrogen) atoms. The first-order chi connectivity index (χ1) is 7.16. The summed E-state index contributed by atoms with van der Waals surface area (Å²) in [6.45, 7) is 5.11. The van der Waals surface area contributed by atoms with Crippen LogP contribution in [-0.2, 0) is 4.74 Å². The molecular weight excluding hydrogens is 252 g/mol. The summed E-state index contributed by atoms with van der Waals surface area (Å²) >= 11 is 3.44. The van der Waals surface area contributed by atoms with Gasteiger partial charge in [0.25, 0.3) is 0 Å². The fourth-order valence-electron chi connectivity index (χ4n) is 1.75. The topological polar surface area (TPSA) is 9.23 Å². The van der Waals surface area contributed by atoms with Crippen LogP contribution >= 0.6 is 15.9 Å². The van der Waals surface area contributed by atoms with Crippen LogP contribution < -0.4 is 0 Å². The maximum absolute atomic E-state index is 5.81. The molecule has 2 rings (SSSR count). The SMILES string of the molecule is CC1=C(C)CC(c2ccc(Br)cc2)OC1. The van der Waals surface area contributed by atoms with Crippen LogP contribution in [0.2, 0.25) is 0 Å². The maximum atomic E-state index is 5.81. The molecule has 0 saturated heterocycles. The third kappa shape index (κ3) is 2.50. The van der Waals surface area contributed by atoms with Gasteiger partial charge in [-0.05, 0) is 43.5 Å². The van der Waals surface area contributed by atoms with E-state index in [-0.39, 0.29) is 6.10 Å². The molecule has 1 aliphatic heterocycles. The fourth-order valence-corrected chi connectivity index (χ4v) is 2.02. The molecule has 0 aliphatic carbocycles. The fraction of sp³-hybridized carbons (Fsp3) is 0.385. The van der Waals surface area contributed by atoms with Gasteiger partial charge in [0.1, 0.15) is 0 Å². The van der Waals surface area contributed by atoms with Gasteiger partial charge in [0.2, 0.25) is 0 Å². The number of benzene rings is 1. The molecule has 80 valence electrons. The summed E-state index contributed by atoms with van der Waals surface area (Å²) in [4.78, 5) is 0. The molecule has 0 saturated carbocycles. The summed E-state index contributed by atoms with van der Waals surface area (Å²) in [5.74, 6) is 0. The van der Waals surface area contributed by atoms with Crippen LogP contribution in [-0.4, -0.2) is 6.61 Å². The van der Waals surface area contributed by atoms with E-state index in [0.29, 0.717) is 0 Å². The Morgan fingerprint density at radius 1 is 1.13 bits per heavy atom. The molecule has 1 aromatic rings. The number of halogens is 1. The Hall–Kier alpha value is -0.600. The highest BCUT2D eigenvalue weighted by molar-refractivity contribution is 9.10. The second-order valence-electron chi connectivity index (χ2n) is 4.12. The molecule has 1 heterocycles. The Balaban J connectivity index is 2.17. The minimum Gasteiger partial charge on any atom is -0.369 e. The van der Waals surface area contributed by atoms with Crippen molar-refractivity contribution in [2.24, 2.45) is 0 Å². The van der Waals surface area contributed by atoms with Crippen molar-refractivity contribution in [1.29, 1.82) is 0 Å². The number of rotatable bonds is 1. The lowest BCUT2D eigenvalue weighted by Gasteiger charge is -2.25. The minimum absolute atomic E-state index is 0.238. The predicted octanol–water partition coefficient (Wildman–Crippen LogP) is 4.25. The summed E-state index contributed by atoms with van der Waals surface area (Å²) in [6, 6.07) is 8.39. The van der Waals surface area contributed by atoms with E-state index in [4.69, 9.17) is 4.74 Å².